The maximum atomic E-state index is 12.0. The molecule has 1 aliphatic heterocycles. The van der Waals surface area contributed by atoms with E-state index in [4.69, 9.17) is 4.74 Å². The number of halogens is 1. The lowest BCUT2D eigenvalue weighted by molar-refractivity contribution is -0.123. The van der Waals surface area contributed by atoms with Crippen LogP contribution in [-0.4, -0.2) is 37.7 Å². The molecule has 1 saturated carbocycles. The average Bonchev–Trinajstić information content (AvgIpc) is 2.40. The normalized spacial score (nSPS) is 31.3. The molecule has 112 valence electrons. The van der Waals surface area contributed by atoms with E-state index in [9.17, 15) is 4.79 Å². The van der Waals surface area contributed by atoms with Crippen molar-refractivity contribution >= 4 is 18.3 Å². The van der Waals surface area contributed by atoms with Crippen molar-refractivity contribution in [1.82, 2.24) is 10.6 Å². The van der Waals surface area contributed by atoms with Crippen molar-refractivity contribution < 1.29 is 9.53 Å². The van der Waals surface area contributed by atoms with Gasteiger partial charge in [0.1, 0.15) is 0 Å². The minimum atomic E-state index is 0. The first-order valence-electron chi connectivity index (χ1n) is 7.40. The molecule has 2 aliphatic rings. The minimum absolute atomic E-state index is 0. The third-order valence-corrected chi connectivity index (χ3v) is 4.21. The fraction of sp³-hybridized carbons (Fsp3) is 0.929. The van der Waals surface area contributed by atoms with Gasteiger partial charge in [0.15, 0.2) is 0 Å². The molecular formula is C14H27ClN2O2. The monoisotopic (exact) mass is 290 g/mol. The average molecular weight is 291 g/mol. The van der Waals surface area contributed by atoms with Crippen molar-refractivity contribution in [2.75, 3.05) is 19.8 Å². The molecule has 0 aromatic rings. The Bertz CT molecular complexity index is 270. The number of nitrogens with one attached hydrogen (secondary N) is 2. The van der Waals surface area contributed by atoms with Crippen molar-refractivity contribution in [3.63, 3.8) is 0 Å². The highest BCUT2D eigenvalue weighted by Crippen LogP contribution is 2.26. The number of morpholine rings is 1. The summed E-state index contributed by atoms with van der Waals surface area (Å²) in [5, 5.41) is 6.56. The summed E-state index contributed by atoms with van der Waals surface area (Å²) in [4.78, 5) is 12.0. The first-order chi connectivity index (χ1) is 8.79. The highest BCUT2D eigenvalue weighted by atomic mass is 35.5. The molecule has 1 aliphatic carbocycles. The first kappa shape index (κ1) is 16.7. The van der Waals surface area contributed by atoms with E-state index in [-0.39, 0.29) is 24.4 Å². The Morgan fingerprint density at radius 3 is 2.84 bits per heavy atom. The summed E-state index contributed by atoms with van der Waals surface area (Å²) in [6.07, 6.45) is 6.73. The van der Waals surface area contributed by atoms with Crippen LogP contribution in [0.2, 0.25) is 0 Å². The summed E-state index contributed by atoms with van der Waals surface area (Å²) in [5.74, 6) is 0.863. The Hall–Kier alpha value is -0.320. The van der Waals surface area contributed by atoms with Gasteiger partial charge in [-0.1, -0.05) is 26.2 Å². The summed E-state index contributed by atoms with van der Waals surface area (Å²) in [6, 6.07) is 0.600. The quantitative estimate of drug-likeness (QED) is 0.831. The van der Waals surface area contributed by atoms with Crippen LogP contribution in [0.5, 0.6) is 0 Å². The van der Waals surface area contributed by atoms with Crippen LogP contribution in [0.25, 0.3) is 0 Å². The number of ether oxygens (including phenoxy) is 1. The molecule has 0 aromatic carbocycles. The zero-order chi connectivity index (χ0) is 12.8. The SMILES string of the molecule is CCC1CCCCC1NC(=O)CC1COCCN1.Cl. The number of amides is 1. The zero-order valence-corrected chi connectivity index (χ0v) is 12.6. The molecule has 4 nitrogen and oxygen atoms in total. The van der Waals surface area contributed by atoms with Crippen molar-refractivity contribution in [1.29, 1.82) is 0 Å². The van der Waals surface area contributed by atoms with Crippen LogP contribution in [-0.2, 0) is 9.53 Å². The molecular weight excluding hydrogens is 264 g/mol. The van der Waals surface area contributed by atoms with Crippen molar-refractivity contribution in [3.05, 3.63) is 0 Å². The van der Waals surface area contributed by atoms with Crippen LogP contribution in [0.1, 0.15) is 45.4 Å². The second-order valence-corrected chi connectivity index (χ2v) is 5.56. The summed E-state index contributed by atoms with van der Waals surface area (Å²) in [7, 11) is 0. The van der Waals surface area contributed by atoms with Gasteiger partial charge < -0.3 is 15.4 Å². The molecule has 19 heavy (non-hydrogen) atoms. The van der Waals surface area contributed by atoms with E-state index < -0.39 is 0 Å². The zero-order valence-electron chi connectivity index (χ0n) is 11.8. The van der Waals surface area contributed by atoms with Crippen molar-refractivity contribution in [2.45, 2.75) is 57.5 Å². The Balaban J connectivity index is 0.00000180. The molecule has 3 atom stereocenters. The lowest BCUT2D eigenvalue weighted by Crippen LogP contribution is -2.47. The topological polar surface area (TPSA) is 50.4 Å². The van der Waals surface area contributed by atoms with E-state index in [2.05, 4.69) is 17.6 Å². The lowest BCUT2D eigenvalue weighted by Gasteiger charge is -2.32. The highest BCUT2D eigenvalue weighted by molar-refractivity contribution is 5.85. The maximum absolute atomic E-state index is 12.0. The molecule has 2 N–H and O–H groups in total. The standard InChI is InChI=1S/C14H26N2O2.ClH/c1-2-11-5-3-4-6-13(11)16-14(17)9-12-10-18-8-7-15-12;/h11-13,15H,2-10H2,1H3,(H,16,17);1H. The molecule has 3 unspecified atom stereocenters. The number of carbonyl (C=O) groups is 1. The van der Waals surface area contributed by atoms with E-state index in [0.29, 0.717) is 25.0 Å². The van der Waals surface area contributed by atoms with Gasteiger partial charge in [0.05, 0.1) is 13.2 Å². The lowest BCUT2D eigenvalue weighted by atomic mass is 9.83. The Morgan fingerprint density at radius 2 is 2.16 bits per heavy atom. The largest absolute Gasteiger partial charge is 0.378 e. The Kier molecular flexibility index (Phi) is 7.73. The van der Waals surface area contributed by atoms with E-state index in [1.165, 1.54) is 25.7 Å². The second kappa shape index (κ2) is 8.77. The third-order valence-electron chi connectivity index (χ3n) is 4.21. The third kappa shape index (κ3) is 5.28. The number of rotatable bonds is 4. The molecule has 5 heteroatoms. The molecule has 0 bridgehead atoms. The predicted molar refractivity (Wildman–Crippen MR) is 78.7 cm³/mol. The van der Waals surface area contributed by atoms with E-state index in [1.54, 1.807) is 0 Å². The van der Waals surface area contributed by atoms with Crippen LogP contribution >= 0.6 is 12.4 Å². The van der Waals surface area contributed by atoms with Crippen LogP contribution < -0.4 is 10.6 Å². The molecule has 1 heterocycles. The smallest absolute Gasteiger partial charge is 0.221 e. The summed E-state index contributed by atoms with van der Waals surface area (Å²) in [6.45, 7) is 4.51. The van der Waals surface area contributed by atoms with Crippen molar-refractivity contribution in [2.24, 2.45) is 5.92 Å². The van der Waals surface area contributed by atoms with Gasteiger partial charge in [0.25, 0.3) is 0 Å². The molecule has 0 radical (unpaired) electrons. The summed E-state index contributed by atoms with van der Waals surface area (Å²) >= 11 is 0. The highest BCUT2D eigenvalue weighted by Gasteiger charge is 2.26. The maximum Gasteiger partial charge on any atom is 0.221 e. The number of hydrogen-bond acceptors (Lipinski definition) is 3. The Labute approximate surface area is 122 Å². The molecule has 1 amide bonds. The van der Waals surface area contributed by atoms with Gasteiger partial charge in [0, 0.05) is 25.0 Å². The fourth-order valence-electron chi connectivity index (χ4n) is 3.13. The molecule has 0 aromatic heterocycles. The van der Waals surface area contributed by atoms with Gasteiger partial charge >= 0.3 is 0 Å². The van der Waals surface area contributed by atoms with Gasteiger partial charge in [-0.25, -0.2) is 0 Å². The van der Waals surface area contributed by atoms with Crippen LogP contribution in [0, 0.1) is 5.92 Å². The van der Waals surface area contributed by atoms with E-state index >= 15 is 0 Å². The summed E-state index contributed by atoms with van der Waals surface area (Å²) < 4.78 is 5.37. The molecule has 1 saturated heterocycles. The van der Waals surface area contributed by atoms with E-state index in [1.807, 2.05) is 0 Å². The first-order valence-corrected chi connectivity index (χ1v) is 7.40. The van der Waals surface area contributed by atoms with Gasteiger partial charge in [-0.15, -0.1) is 12.4 Å². The predicted octanol–water partition coefficient (Wildman–Crippen LogP) is 1.87. The summed E-state index contributed by atoms with van der Waals surface area (Å²) in [5.41, 5.74) is 0. The van der Waals surface area contributed by atoms with Crippen LogP contribution in [0.3, 0.4) is 0 Å². The van der Waals surface area contributed by atoms with Crippen molar-refractivity contribution in [3.8, 4) is 0 Å². The van der Waals surface area contributed by atoms with Gasteiger partial charge in [-0.05, 0) is 18.8 Å². The number of hydrogen-bond donors (Lipinski definition) is 2. The fourth-order valence-corrected chi connectivity index (χ4v) is 3.13. The molecule has 0 spiro atoms. The van der Waals surface area contributed by atoms with Gasteiger partial charge in [0.2, 0.25) is 5.91 Å². The van der Waals surface area contributed by atoms with Gasteiger partial charge in [-0.3, -0.25) is 4.79 Å². The Morgan fingerprint density at radius 1 is 1.37 bits per heavy atom. The minimum Gasteiger partial charge on any atom is -0.378 e. The van der Waals surface area contributed by atoms with Crippen LogP contribution in [0.4, 0.5) is 0 Å². The second-order valence-electron chi connectivity index (χ2n) is 5.56. The molecule has 2 fully saturated rings. The number of carbonyl (C=O) groups excluding carboxylic acids is 1. The van der Waals surface area contributed by atoms with Crippen LogP contribution in [0.15, 0.2) is 0 Å². The molecule has 2 rings (SSSR count). The van der Waals surface area contributed by atoms with E-state index in [0.717, 1.165) is 19.6 Å². The van der Waals surface area contributed by atoms with Gasteiger partial charge in [-0.2, -0.15) is 0 Å².